The average Bonchev–Trinajstić information content (AvgIpc) is 2.39. The lowest BCUT2D eigenvalue weighted by Gasteiger charge is -2.11. The molecule has 2 aromatic rings. The van der Waals surface area contributed by atoms with Gasteiger partial charge in [-0.15, -0.1) is 0 Å². The standard InChI is InChI=1S/C14H11BrF2O/c15-13(10-4-2-1-3-5-10)11-6-8-12(9-7-11)18-14(16)17/h1-9,13-14H. The lowest BCUT2D eigenvalue weighted by atomic mass is 10.1. The van der Waals surface area contributed by atoms with Crippen LogP contribution >= 0.6 is 15.9 Å². The van der Waals surface area contributed by atoms with Crippen LogP contribution in [-0.2, 0) is 0 Å². The van der Waals surface area contributed by atoms with Gasteiger partial charge < -0.3 is 4.74 Å². The van der Waals surface area contributed by atoms with Gasteiger partial charge in [-0.1, -0.05) is 58.4 Å². The Morgan fingerprint density at radius 2 is 1.39 bits per heavy atom. The third-order valence-electron chi connectivity index (χ3n) is 2.49. The van der Waals surface area contributed by atoms with Crippen molar-refractivity contribution in [2.75, 3.05) is 0 Å². The van der Waals surface area contributed by atoms with Crippen LogP contribution in [0.5, 0.6) is 5.75 Å². The van der Waals surface area contributed by atoms with Crippen molar-refractivity contribution in [3.8, 4) is 5.75 Å². The maximum absolute atomic E-state index is 12.0. The number of hydrogen-bond donors (Lipinski definition) is 0. The van der Waals surface area contributed by atoms with E-state index >= 15 is 0 Å². The van der Waals surface area contributed by atoms with Gasteiger partial charge in [-0.3, -0.25) is 0 Å². The number of alkyl halides is 3. The normalized spacial score (nSPS) is 12.4. The van der Waals surface area contributed by atoms with Gasteiger partial charge in [0, 0.05) is 0 Å². The van der Waals surface area contributed by atoms with Crippen LogP contribution in [0.25, 0.3) is 0 Å². The number of rotatable bonds is 4. The first-order valence-electron chi connectivity index (χ1n) is 5.40. The van der Waals surface area contributed by atoms with Gasteiger partial charge in [0.2, 0.25) is 0 Å². The van der Waals surface area contributed by atoms with Gasteiger partial charge in [0.25, 0.3) is 0 Å². The Balaban J connectivity index is 2.14. The SMILES string of the molecule is FC(F)Oc1ccc(C(Br)c2ccccc2)cc1. The summed E-state index contributed by atoms with van der Waals surface area (Å²) in [6.45, 7) is -2.79. The fourth-order valence-electron chi connectivity index (χ4n) is 1.63. The largest absolute Gasteiger partial charge is 0.435 e. The first kappa shape index (κ1) is 13.0. The van der Waals surface area contributed by atoms with Crippen molar-refractivity contribution >= 4 is 15.9 Å². The Morgan fingerprint density at radius 1 is 0.833 bits per heavy atom. The summed E-state index contributed by atoms with van der Waals surface area (Å²) in [5.74, 6) is 0.168. The summed E-state index contributed by atoms with van der Waals surface area (Å²) in [4.78, 5) is 0.0410. The molecule has 94 valence electrons. The Morgan fingerprint density at radius 3 is 1.94 bits per heavy atom. The lowest BCUT2D eigenvalue weighted by molar-refractivity contribution is -0.0498. The van der Waals surface area contributed by atoms with Gasteiger partial charge in [-0.25, -0.2) is 0 Å². The van der Waals surface area contributed by atoms with Crippen molar-refractivity contribution in [3.63, 3.8) is 0 Å². The lowest BCUT2D eigenvalue weighted by Crippen LogP contribution is -2.02. The maximum Gasteiger partial charge on any atom is 0.387 e. The van der Waals surface area contributed by atoms with E-state index < -0.39 is 6.61 Å². The van der Waals surface area contributed by atoms with Crippen molar-refractivity contribution in [1.82, 2.24) is 0 Å². The van der Waals surface area contributed by atoms with Crippen LogP contribution in [0.4, 0.5) is 8.78 Å². The molecule has 0 saturated heterocycles. The van der Waals surface area contributed by atoms with Crippen LogP contribution in [0.15, 0.2) is 54.6 Å². The molecule has 0 amide bonds. The third-order valence-corrected chi connectivity index (χ3v) is 3.55. The second kappa shape index (κ2) is 5.96. The van der Waals surface area contributed by atoms with Crippen LogP contribution in [0.3, 0.4) is 0 Å². The fraction of sp³-hybridized carbons (Fsp3) is 0.143. The van der Waals surface area contributed by atoms with E-state index in [1.165, 1.54) is 0 Å². The number of hydrogen-bond acceptors (Lipinski definition) is 1. The van der Waals surface area contributed by atoms with Crippen molar-refractivity contribution in [2.45, 2.75) is 11.4 Å². The van der Waals surface area contributed by atoms with Gasteiger partial charge >= 0.3 is 6.61 Å². The van der Waals surface area contributed by atoms with Gasteiger partial charge in [-0.2, -0.15) is 8.78 Å². The highest BCUT2D eigenvalue weighted by Crippen LogP contribution is 2.31. The molecule has 0 heterocycles. The van der Waals surface area contributed by atoms with Crippen molar-refractivity contribution < 1.29 is 13.5 Å². The second-order valence-electron chi connectivity index (χ2n) is 3.72. The van der Waals surface area contributed by atoms with E-state index in [0.29, 0.717) is 0 Å². The maximum atomic E-state index is 12.0. The van der Waals surface area contributed by atoms with Crippen molar-refractivity contribution in [1.29, 1.82) is 0 Å². The zero-order valence-electron chi connectivity index (χ0n) is 9.39. The highest BCUT2D eigenvalue weighted by molar-refractivity contribution is 9.09. The van der Waals surface area contributed by atoms with E-state index in [1.54, 1.807) is 24.3 Å². The number of benzene rings is 2. The van der Waals surface area contributed by atoms with Crippen LogP contribution in [0.2, 0.25) is 0 Å². The minimum Gasteiger partial charge on any atom is -0.435 e. The van der Waals surface area contributed by atoms with E-state index in [2.05, 4.69) is 20.7 Å². The minimum atomic E-state index is -2.79. The highest BCUT2D eigenvalue weighted by Gasteiger charge is 2.10. The monoisotopic (exact) mass is 312 g/mol. The Bertz CT molecular complexity index is 485. The summed E-state index contributed by atoms with van der Waals surface area (Å²) in [6, 6.07) is 16.5. The summed E-state index contributed by atoms with van der Waals surface area (Å²) in [7, 11) is 0. The highest BCUT2D eigenvalue weighted by atomic mass is 79.9. The van der Waals surface area contributed by atoms with Crippen LogP contribution < -0.4 is 4.74 Å². The molecule has 0 aromatic heterocycles. The van der Waals surface area contributed by atoms with Crippen LogP contribution in [0, 0.1) is 0 Å². The number of halogens is 3. The van der Waals surface area contributed by atoms with Crippen molar-refractivity contribution in [3.05, 3.63) is 65.7 Å². The first-order valence-corrected chi connectivity index (χ1v) is 6.32. The topological polar surface area (TPSA) is 9.23 Å². The van der Waals surface area contributed by atoms with E-state index in [1.807, 2.05) is 30.3 Å². The Hall–Kier alpha value is -1.42. The first-order chi connectivity index (χ1) is 8.66. The molecular weight excluding hydrogens is 302 g/mol. The summed E-state index contributed by atoms with van der Waals surface area (Å²) in [6.07, 6.45) is 0. The average molecular weight is 313 g/mol. The molecule has 1 atom stereocenters. The van der Waals surface area contributed by atoms with Gasteiger partial charge in [0.05, 0.1) is 4.83 Å². The third kappa shape index (κ3) is 3.29. The molecule has 0 radical (unpaired) electrons. The van der Waals surface area contributed by atoms with E-state index in [9.17, 15) is 8.78 Å². The molecule has 0 bridgehead atoms. The molecule has 1 nitrogen and oxygen atoms in total. The molecule has 1 unspecified atom stereocenters. The zero-order valence-corrected chi connectivity index (χ0v) is 11.0. The molecule has 18 heavy (non-hydrogen) atoms. The molecule has 0 aliphatic heterocycles. The smallest absolute Gasteiger partial charge is 0.387 e. The van der Waals surface area contributed by atoms with Gasteiger partial charge in [0.1, 0.15) is 5.75 Å². The molecule has 0 saturated carbocycles. The molecule has 0 N–H and O–H groups in total. The summed E-state index contributed by atoms with van der Waals surface area (Å²) in [5.41, 5.74) is 2.10. The van der Waals surface area contributed by atoms with E-state index in [0.717, 1.165) is 11.1 Å². The van der Waals surface area contributed by atoms with Crippen LogP contribution in [0.1, 0.15) is 16.0 Å². The molecule has 0 aliphatic rings. The second-order valence-corrected chi connectivity index (χ2v) is 4.64. The zero-order chi connectivity index (χ0) is 13.0. The summed E-state index contributed by atoms with van der Waals surface area (Å²) in [5, 5.41) is 0. The molecule has 2 aromatic carbocycles. The molecule has 4 heteroatoms. The van der Waals surface area contributed by atoms with Gasteiger partial charge in [0.15, 0.2) is 0 Å². The molecule has 0 spiro atoms. The molecular formula is C14H11BrF2O. The van der Waals surface area contributed by atoms with E-state index in [-0.39, 0.29) is 10.6 Å². The predicted octanol–water partition coefficient (Wildman–Crippen LogP) is 4.77. The summed E-state index contributed by atoms with van der Waals surface area (Å²) < 4.78 is 28.3. The summed E-state index contributed by atoms with van der Waals surface area (Å²) >= 11 is 3.58. The molecule has 0 aliphatic carbocycles. The Kier molecular flexibility index (Phi) is 4.31. The van der Waals surface area contributed by atoms with Gasteiger partial charge in [-0.05, 0) is 23.3 Å². The van der Waals surface area contributed by atoms with Crippen molar-refractivity contribution in [2.24, 2.45) is 0 Å². The molecule has 2 rings (SSSR count). The fourth-order valence-corrected chi connectivity index (χ4v) is 2.24. The molecule has 0 fully saturated rings. The predicted molar refractivity (Wildman–Crippen MR) is 70.3 cm³/mol. The Labute approximate surface area is 113 Å². The van der Waals surface area contributed by atoms with Crippen LogP contribution in [-0.4, -0.2) is 6.61 Å². The van der Waals surface area contributed by atoms with E-state index in [4.69, 9.17) is 0 Å². The number of ether oxygens (including phenoxy) is 1. The quantitative estimate of drug-likeness (QED) is 0.739. The minimum absolute atomic E-state index is 0.0410.